The van der Waals surface area contributed by atoms with E-state index in [1.807, 2.05) is 18.2 Å². The monoisotopic (exact) mass is 1090 g/mol. The molecule has 0 N–H and O–H groups in total. The van der Waals surface area contributed by atoms with Crippen LogP contribution in [-0.4, -0.2) is 71.3 Å². The summed E-state index contributed by atoms with van der Waals surface area (Å²) in [4.78, 5) is 0. The molecule has 0 spiro atoms. The van der Waals surface area contributed by atoms with Crippen LogP contribution in [-0.2, 0) is 13.7 Å². The molecule has 0 unspecified atom stereocenters. The molecule has 1 aliphatic rings. The van der Waals surface area contributed by atoms with E-state index in [1.54, 1.807) is 0 Å². The van der Waals surface area contributed by atoms with Crippen molar-refractivity contribution in [3.8, 4) is 34.5 Å². The summed E-state index contributed by atoms with van der Waals surface area (Å²) in [6.45, 7) is 67.9. The molecule has 9 nitrogen and oxygen atoms in total. The molecule has 1 aliphatic heterocycles. The molecule has 0 saturated carbocycles. The molecule has 1 fully saturated rings. The van der Waals surface area contributed by atoms with E-state index in [0.717, 1.165) is 33.6 Å². The first-order valence-corrected chi connectivity index (χ1v) is 43.9. The maximum Gasteiger partial charge on any atom is 0.467 e. The fourth-order valence-electron chi connectivity index (χ4n) is 5.98. The van der Waals surface area contributed by atoms with Crippen molar-refractivity contribution in [2.75, 3.05) is 0 Å². The molecule has 72 heavy (non-hydrogen) atoms. The zero-order valence-electron chi connectivity index (χ0n) is 51.1. The van der Waals surface area contributed by atoms with Gasteiger partial charge in [0.05, 0.1) is 0 Å². The summed E-state index contributed by atoms with van der Waals surface area (Å²) >= 11 is 0. The summed E-state index contributed by atoms with van der Waals surface area (Å²) in [7, 11) is -16.5. The molecule has 0 atom stereocenters. The highest BCUT2D eigenvalue weighted by Gasteiger charge is 2.49. The molecule has 18 heteroatoms. The summed E-state index contributed by atoms with van der Waals surface area (Å²) in [6, 6.07) is 18.5. The van der Waals surface area contributed by atoms with Gasteiger partial charge < -0.3 is 40.3 Å². The van der Waals surface area contributed by atoms with Crippen LogP contribution < -0.4 is 42.9 Å². The maximum atomic E-state index is 7.19. The smallest absolute Gasteiger partial charge is 0.467 e. The Hall–Kier alpha value is -2.16. The first-order valence-electron chi connectivity index (χ1n) is 26.4. The van der Waals surface area contributed by atoms with Gasteiger partial charge in [-0.2, -0.15) is 0 Å². The van der Waals surface area contributed by atoms with Crippen molar-refractivity contribution in [2.45, 2.75) is 233 Å². The van der Waals surface area contributed by atoms with Gasteiger partial charge in [0, 0.05) is 0 Å². The lowest BCUT2D eigenvalue weighted by Gasteiger charge is -2.40. The Bertz CT molecular complexity index is 2100. The van der Waals surface area contributed by atoms with Crippen LogP contribution in [0.2, 0.25) is 109 Å². The molecule has 1 heterocycles. The summed E-state index contributed by atoms with van der Waals surface area (Å²) in [6.07, 6.45) is 0. The molecule has 0 aromatic heterocycles. The van der Waals surface area contributed by atoms with Crippen molar-refractivity contribution < 1.29 is 40.3 Å². The van der Waals surface area contributed by atoms with Crippen LogP contribution in [0.1, 0.15) is 125 Å². The Morgan fingerprint density at radius 2 is 0.417 bits per heavy atom. The predicted octanol–water partition coefficient (Wildman–Crippen LogP) is 15.5. The minimum atomic E-state index is -2.36. The molecular weight excluding hydrogens is 994 g/mol. The Balaban J connectivity index is 2.03. The summed E-state index contributed by atoms with van der Waals surface area (Å²) in [5.74, 6) is 4.32. The van der Waals surface area contributed by atoms with Crippen LogP contribution in [0, 0.1) is 0 Å². The van der Waals surface area contributed by atoms with E-state index in [1.165, 1.54) is 0 Å². The quantitative estimate of drug-likeness (QED) is 0.138. The number of hydrogen-bond donors (Lipinski definition) is 0. The Kier molecular flexibility index (Phi) is 17.9. The highest BCUT2D eigenvalue weighted by atomic mass is 28.4. The zero-order valence-corrected chi connectivity index (χ0v) is 57.1. The zero-order chi connectivity index (χ0) is 55.7. The summed E-state index contributed by atoms with van der Waals surface area (Å²) < 4.78 is 63.9. The molecule has 0 amide bonds. The van der Waals surface area contributed by atoms with Gasteiger partial charge >= 0.3 is 21.4 Å². The lowest BCUT2D eigenvalue weighted by Crippen LogP contribution is -2.61. The van der Waals surface area contributed by atoms with Crippen molar-refractivity contribution in [3.63, 3.8) is 0 Å². The van der Waals surface area contributed by atoms with Gasteiger partial charge in [0.2, 0.25) is 0 Å². The van der Waals surface area contributed by atoms with Crippen LogP contribution >= 0.6 is 0 Å². The van der Waals surface area contributed by atoms with Crippen molar-refractivity contribution in [1.82, 2.24) is 0 Å². The number of benzene rings is 3. The second-order valence-electron chi connectivity index (χ2n) is 29.7. The van der Waals surface area contributed by atoms with Gasteiger partial charge in [-0.1, -0.05) is 143 Å². The van der Waals surface area contributed by atoms with Gasteiger partial charge in [-0.3, -0.25) is 0 Å². The van der Waals surface area contributed by atoms with E-state index in [0.29, 0.717) is 17.2 Å². The van der Waals surface area contributed by atoms with E-state index in [9.17, 15) is 0 Å². The van der Waals surface area contributed by atoms with Crippen LogP contribution in [0.4, 0.5) is 0 Å². The van der Waals surface area contributed by atoms with E-state index in [-0.39, 0.29) is 30.2 Å². The van der Waals surface area contributed by atoms with Gasteiger partial charge in [0.15, 0.2) is 0 Å². The standard InChI is InChI=1S/C54H99B3O9Si6/c1-49(2,3)67(19,20)58-43-34-31-40(37-46(43)61-70(25,26)52(10,11)12)55-64-56(41-32-35-44(59-68(21,22)50(4,5)6)47(38-41)62-71(27,28)53(13,14)15)66-57(65-55)42-33-36-45(60-69(23,24)51(7,8)9)48(39-42)63-72(29,30)54(16,17)18/h31-39H,1-30H3. The second kappa shape index (κ2) is 20.7. The summed E-state index contributed by atoms with van der Waals surface area (Å²) in [5, 5.41) is -0.254. The molecule has 402 valence electrons. The van der Waals surface area contributed by atoms with E-state index in [4.69, 9.17) is 40.3 Å². The van der Waals surface area contributed by atoms with Gasteiger partial charge in [-0.25, -0.2) is 0 Å². The first-order chi connectivity index (χ1) is 31.9. The fraction of sp³-hybridized carbons (Fsp3) is 0.667. The Labute approximate surface area is 447 Å². The second-order valence-corrected chi connectivity index (χ2v) is 58.0. The maximum absolute atomic E-state index is 7.19. The third kappa shape index (κ3) is 14.4. The number of hydrogen-bond acceptors (Lipinski definition) is 9. The third-order valence-electron chi connectivity index (χ3n) is 17.5. The van der Waals surface area contributed by atoms with E-state index >= 15 is 0 Å². The van der Waals surface area contributed by atoms with Crippen molar-refractivity contribution in [1.29, 1.82) is 0 Å². The molecular formula is C54H99B3O9Si6. The van der Waals surface area contributed by atoms with Crippen molar-refractivity contribution in [2.24, 2.45) is 0 Å². The minimum absolute atomic E-state index is 0.0237. The molecule has 3 aromatic rings. The molecule has 1 saturated heterocycles. The lowest BCUT2D eigenvalue weighted by atomic mass is 9.61. The van der Waals surface area contributed by atoms with Gasteiger partial charge in [-0.15, -0.1) is 0 Å². The highest BCUT2D eigenvalue weighted by Crippen LogP contribution is 2.47. The largest absolute Gasteiger partial charge is 0.541 e. The van der Waals surface area contributed by atoms with Crippen LogP contribution in [0.3, 0.4) is 0 Å². The van der Waals surface area contributed by atoms with Crippen molar-refractivity contribution in [3.05, 3.63) is 54.6 Å². The van der Waals surface area contributed by atoms with E-state index < -0.39 is 71.3 Å². The van der Waals surface area contributed by atoms with Gasteiger partial charge in [-0.05, 0) is 162 Å². The normalized spacial score (nSPS) is 15.7. The first kappa shape index (κ1) is 62.4. The predicted molar refractivity (Wildman–Crippen MR) is 326 cm³/mol. The van der Waals surface area contributed by atoms with E-state index in [2.05, 4.69) is 240 Å². The minimum Gasteiger partial charge on any atom is -0.541 e. The van der Waals surface area contributed by atoms with Crippen LogP contribution in [0.25, 0.3) is 0 Å². The molecule has 0 bridgehead atoms. The Morgan fingerprint density at radius 1 is 0.264 bits per heavy atom. The summed E-state index contributed by atoms with van der Waals surface area (Å²) in [5.41, 5.74) is 2.36. The van der Waals surface area contributed by atoms with Gasteiger partial charge in [0.1, 0.15) is 34.5 Å². The topological polar surface area (TPSA) is 83.1 Å². The fourth-order valence-corrected chi connectivity index (χ4v) is 12.1. The molecule has 3 aromatic carbocycles. The molecule has 4 rings (SSSR count). The van der Waals surface area contributed by atoms with Crippen LogP contribution in [0.5, 0.6) is 34.5 Å². The van der Waals surface area contributed by atoms with Crippen LogP contribution in [0.15, 0.2) is 54.6 Å². The average Bonchev–Trinajstić information content (AvgIpc) is 3.16. The SMILES string of the molecule is CC(C)(C)[Si](C)(C)Oc1ccc(B2OB(c3ccc(O[Si](C)(C)C(C)(C)C)c(O[Si](C)(C)C(C)(C)C)c3)OB(c3ccc(O[Si](C)(C)C(C)(C)C)c(O[Si](C)(C)C(C)(C)C)c3)O2)cc1O[Si](C)(C)C(C)(C)C. The molecule has 0 radical (unpaired) electrons. The average molecular weight is 1090 g/mol. The molecule has 0 aliphatic carbocycles. The Morgan fingerprint density at radius 3 is 0.569 bits per heavy atom. The van der Waals surface area contributed by atoms with Crippen molar-refractivity contribution >= 4 is 87.6 Å². The lowest BCUT2D eigenvalue weighted by molar-refractivity contribution is 0.308. The highest BCUT2D eigenvalue weighted by molar-refractivity contribution is 6.87. The van der Waals surface area contributed by atoms with Gasteiger partial charge in [0.25, 0.3) is 49.9 Å². The number of rotatable bonds is 15. The third-order valence-corrected chi connectivity index (χ3v) is 43.5.